The summed E-state index contributed by atoms with van der Waals surface area (Å²) >= 11 is 0. The maximum atomic E-state index is 6.30. The zero-order valence-corrected chi connectivity index (χ0v) is 13.6. The third-order valence-corrected chi connectivity index (χ3v) is 4.43. The van der Waals surface area contributed by atoms with Gasteiger partial charge in [-0.25, -0.2) is 0 Å². The molecule has 2 aromatic heterocycles. The van der Waals surface area contributed by atoms with Crippen LogP contribution in [0.1, 0.15) is 47.3 Å². The van der Waals surface area contributed by atoms with Crippen molar-refractivity contribution in [2.24, 2.45) is 12.8 Å². The topological polar surface area (TPSA) is 92.0 Å². The van der Waals surface area contributed by atoms with Gasteiger partial charge in [-0.1, -0.05) is 23.4 Å². The molecular formula is C17H19N5O2. The number of hydrogen-bond donors (Lipinski definition) is 1. The normalized spacial score (nSPS) is 20.8. The summed E-state index contributed by atoms with van der Waals surface area (Å²) in [6.07, 6.45) is 2.92. The molecule has 0 radical (unpaired) electrons. The number of methoxy groups -OCH3 is 1. The summed E-state index contributed by atoms with van der Waals surface area (Å²) in [4.78, 5) is 4.51. The Hall–Kier alpha value is -2.67. The molecule has 0 amide bonds. The molecule has 2 heterocycles. The largest absolute Gasteiger partial charge is 0.496 e. The molecule has 0 saturated heterocycles. The van der Waals surface area contributed by atoms with Gasteiger partial charge in [-0.15, -0.1) is 0 Å². The van der Waals surface area contributed by atoms with E-state index in [2.05, 4.69) is 15.2 Å². The molecule has 0 bridgehead atoms. The molecule has 24 heavy (non-hydrogen) atoms. The Morgan fingerprint density at radius 3 is 2.88 bits per heavy atom. The highest BCUT2D eigenvalue weighted by Crippen LogP contribution is 2.53. The van der Waals surface area contributed by atoms with E-state index in [0.29, 0.717) is 23.4 Å². The zero-order valence-electron chi connectivity index (χ0n) is 13.6. The lowest BCUT2D eigenvalue weighted by atomic mass is 10.1. The van der Waals surface area contributed by atoms with Crippen LogP contribution in [0.15, 0.2) is 41.1 Å². The van der Waals surface area contributed by atoms with Crippen LogP contribution in [0.4, 0.5) is 0 Å². The summed E-state index contributed by atoms with van der Waals surface area (Å²) in [5, 5.41) is 8.52. The molecule has 1 saturated carbocycles. The first-order chi connectivity index (χ1) is 11.7. The second-order valence-electron chi connectivity index (χ2n) is 6.07. The first kappa shape index (κ1) is 14.9. The van der Waals surface area contributed by atoms with E-state index in [1.807, 2.05) is 48.3 Å². The maximum absolute atomic E-state index is 6.30. The highest BCUT2D eigenvalue weighted by Gasteiger charge is 2.45. The Morgan fingerprint density at radius 1 is 1.29 bits per heavy atom. The van der Waals surface area contributed by atoms with Crippen LogP contribution in [-0.4, -0.2) is 27.0 Å². The Balaban J connectivity index is 1.53. The number of hydrogen-bond acceptors (Lipinski definition) is 6. The van der Waals surface area contributed by atoms with Gasteiger partial charge in [0, 0.05) is 30.6 Å². The van der Waals surface area contributed by atoms with E-state index in [-0.39, 0.29) is 5.92 Å². The third kappa shape index (κ3) is 2.56. The number of aromatic nitrogens is 4. The fourth-order valence-corrected chi connectivity index (χ4v) is 3.01. The van der Waals surface area contributed by atoms with E-state index >= 15 is 0 Å². The van der Waals surface area contributed by atoms with Crippen LogP contribution >= 0.6 is 0 Å². The summed E-state index contributed by atoms with van der Waals surface area (Å²) in [5.41, 5.74) is 8.20. The van der Waals surface area contributed by atoms with Crippen LogP contribution in [0.25, 0.3) is 0 Å². The molecule has 1 fully saturated rings. The molecule has 2 N–H and O–H groups in total. The number of aryl methyl sites for hydroxylation is 1. The standard InChI is InChI=1S/C17H19N5O2/c1-22-8-7-13(20-22)11-9-12(11)17-19-16(21-24-17)15(18)10-5-3-4-6-14(10)23-2/h3-8,11-12,15H,9,18H2,1-2H3/t11-,12-,15?/m1/s1. The van der Waals surface area contributed by atoms with Gasteiger partial charge in [0.15, 0.2) is 5.82 Å². The number of nitrogens with zero attached hydrogens (tertiary/aromatic N) is 4. The van der Waals surface area contributed by atoms with E-state index in [9.17, 15) is 0 Å². The van der Waals surface area contributed by atoms with E-state index < -0.39 is 6.04 Å². The number of nitrogens with two attached hydrogens (primary N) is 1. The maximum Gasteiger partial charge on any atom is 0.230 e. The van der Waals surface area contributed by atoms with E-state index in [1.165, 1.54) is 0 Å². The molecule has 0 aliphatic heterocycles. The smallest absolute Gasteiger partial charge is 0.230 e. The Labute approximate surface area is 139 Å². The summed E-state index contributed by atoms with van der Waals surface area (Å²) in [7, 11) is 3.53. The SMILES string of the molecule is COc1ccccc1C(N)c1noc([C@@H]2C[C@H]2c2ccn(C)n2)n1. The van der Waals surface area contributed by atoms with Crippen LogP contribution in [-0.2, 0) is 7.05 Å². The van der Waals surface area contributed by atoms with Crippen molar-refractivity contribution < 1.29 is 9.26 Å². The Kier molecular flexibility index (Phi) is 3.57. The Morgan fingerprint density at radius 2 is 2.12 bits per heavy atom. The van der Waals surface area contributed by atoms with Crippen LogP contribution in [0.5, 0.6) is 5.75 Å². The summed E-state index contributed by atoms with van der Waals surface area (Å²) < 4.78 is 12.6. The van der Waals surface area contributed by atoms with Gasteiger partial charge in [0.25, 0.3) is 0 Å². The van der Waals surface area contributed by atoms with Gasteiger partial charge in [0.2, 0.25) is 5.89 Å². The van der Waals surface area contributed by atoms with Crippen molar-refractivity contribution in [2.45, 2.75) is 24.3 Å². The first-order valence-electron chi connectivity index (χ1n) is 7.89. The van der Waals surface area contributed by atoms with Crippen molar-refractivity contribution in [2.75, 3.05) is 7.11 Å². The summed E-state index contributed by atoms with van der Waals surface area (Å²) in [6, 6.07) is 9.14. The minimum Gasteiger partial charge on any atom is -0.496 e. The fourth-order valence-electron chi connectivity index (χ4n) is 3.01. The quantitative estimate of drug-likeness (QED) is 0.772. The highest BCUT2D eigenvalue weighted by atomic mass is 16.5. The van der Waals surface area contributed by atoms with Gasteiger partial charge < -0.3 is 15.0 Å². The predicted molar refractivity (Wildman–Crippen MR) is 86.6 cm³/mol. The number of para-hydroxylation sites is 1. The predicted octanol–water partition coefficient (Wildman–Crippen LogP) is 2.13. The number of rotatable bonds is 5. The van der Waals surface area contributed by atoms with Crippen LogP contribution in [0, 0.1) is 0 Å². The Bertz CT molecular complexity index is 856. The molecule has 7 nitrogen and oxygen atoms in total. The summed E-state index contributed by atoms with van der Waals surface area (Å²) in [5.74, 6) is 2.40. The molecule has 3 aromatic rings. The first-order valence-corrected chi connectivity index (χ1v) is 7.89. The molecule has 1 aromatic carbocycles. The molecule has 1 aliphatic carbocycles. The van der Waals surface area contributed by atoms with Crippen molar-refractivity contribution in [3.63, 3.8) is 0 Å². The van der Waals surface area contributed by atoms with E-state index in [4.69, 9.17) is 15.0 Å². The van der Waals surface area contributed by atoms with E-state index in [0.717, 1.165) is 17.7 Å². The van der Waals surface area contributed by atoms with Crippen LogP contribution in [0.3, 0.4) is 0 Å². The van der Waals surface area contributed by atoms with Gasteiger partial charge in [-0.2, -0.15) is 10.1 Å². The molecule has 7 heteroatoms. The minimum atomic E-state index is -0.481. The second-order valence-corrected chi connectivity index (χ2v) is 6.07. The van der Waals surface area contributed by atoms with Crippen molar-refractivity contribution >= 4 is 0 Å². The minimum absolute atomic E-state index is 0.228. The highest BCUT2D eigenvalue weighted by molar-refractivity contribution is 5.38. The number of ether oxygens (including phenoxy) is 1. The molecule has 1 unspecified atom stereocenters. The molecule has 0 spiro atoms. The van der Waals surface area contributed by atoms with E-state index in [1.54, 1.807) is 7.11 Å². The lowest BCUT2D eigenvalue weighted by Gasteiger charge is -2.11. The van der Waals surface area contributed by atoms with Crippen molar-refractivity contribution in [3.8, 4) is 5.75 Å². The molecule has 1 aliphatic rings. The molecule has 124 valence electrons. The van der Waals surface area contributed by atoms with Gasteiger partial charge in [0.1, 0.15) is 5.75 Å². The lowest BCUT2D eigenvalue weighted by Crippen LogP contribution is -2.14. The van der Waals surface area contributed by atoms with Crippen LogP contribution < -0.4 is 10.5 Å². The second kappa shape index (κ2) is 5.76. The van der Waals surface area contributed by atoms with Crippen molar-refractivity contribution in [1.29, 1.82) is 0 Å². The summed E-state index contributed by atoms with van der Waals surface area (Å²) in [6.45, 7) is 0. The van der Waals surface area contributed by atoms with Crippen LogP contribution in [0.2, 0.25) is 0 Å². The molecule has 3 atom stereocenters. The van der Waals surface area contributed by atoms with Gasteiger partial charge >= 0.3 is 0 Å². The average Bonchev–Trinajstić information content (AvgIpc) is 3.04. The monoisotopic (exact) mass is 325 g/mol. The van der Waals surface area contributed by atoms with Crippen molar-refractivity contribution in [1.82, 2.24) is 19.9 Å². The van der Waals surface area contributed by atoms with Gasteiger partial charge in [-0.05, 0) is 18.6 Å². The zero-order chi connectivity index (χ0) is 16.7. The lowest BCUT2D eigenvalue weighted by molar-refractivity contribution is 0.370. The number of benzene rings is 1. The molecular weight excluding hydrogens is 306 g/mol. The van der Waals surface area contributed by atoms with Gasteiger partial charge in [-0.3, -0.25) is 4.68 Å². The van der Waals surface area contributed by atoms with Crippen molar-refractivity contribution in [3.05, 3.63) is 59.5 Å². The fraction of sp³-hybridized carbons (Fsp3) is 0.353. The third-order valence-electron chi connectivity index (χ3n) is 4.43. The average molecular weight is 325 g/mol. The van der Waals surface area contributed by atoms with Gasteiger partial charge in [0.05, 0.1) is 18.8 Å². The molecule has 4 rings (SSSR count).